The fourth-order valence-corrected chi connectivity index (χ4v) is 1.74. The van der Waals surface area contributed by atoms with Gasteiger partial charge in [-0.2, -0.15) is 4.98 Å². The van der Waals surface area contributed by atoms with Crippen molar-refractivity contribution < 1.29 is 19.1 Å². The van der Waals surface area contributed by atoms with Crippen LogP contribution in [0.2, 0.25) is 0 Å². The van der Waals surface area contributed by atoms with Gasteiger partial charge in [0.2, 0.25) is 0 Å². The maximum atomic E-state index is 11.8. The third-order valence-electron chi connectivity index (χ3n) is 2.68. The summed E-state index contributed by atoms with van der Waals surface area (Å²) in [6.45, 7) is -2.92. The van der Waals surface area contributed by atoms with Crippen LogP contribution in [0.1, 0.15) is 22.3 Å². The van der Waals surface area contributed by atoms with Gasteiger partial charge in [0.05, 0.1) is 12.7 Å². The number of anilines is 1. The molecule has 0 saturated carbocycles. The second kappa shape index (κ2) is 4.44. The fourth-order valence-electron chi connectivity index (χ4n) is 1.74. The third kappa shape index (κ3) is 2.17. The summed E-state index contributed by atoms with van der Waals surface area (Å²) in [6, 6.07) is 0. The number of aliphatic hydroxyl groups excluding tert-OH is 2. The van der Waals surface area contributed by atoms with Gasteiger partial charge in [0.15, 0.2) is 0 Å². The third-order valence-corrected chi connectivity index (χ3v) is 2.68. The number of hydrogen-bond acceptors (Lipinski definition) is 6. The molecule has 1 aromatic rings. The predicted octanol–water partition coefficient (Wildman–Crippen LogP) is -1.23. The molecule has 0 spiro atoms. The first kappa shape index (κ1) is 8.62. The van der Waals surface area contributed by atoms with E-state index in [4.69, 9.17) is 19.7 Å². The predicted molar refractivity (Wildman–Crippen MR) is 59.3 cm³/mol. The highest BCUT2D eigenvalue weighted by Crippen LogP contribution is 2.27. The lowest BCUT2D eigenvalue weighted by molar-refractivity contribution is -0.0459. The van der Waals surface area contributed by atoms with Gasteiger partial charge in [-0.1, -0.05) is 0 Å². The highest BCUT2D eigenvalue weighted by molar-refractivity contribution is 5.35. The average Bonchev–Trinajstić information content (AvgIpc) is 2.68. The van der Waals surface area contributed by atoms with Crippen LogP contribution in [0.25, 0.3) is 0 Å². The molecule has 7 nitrogen and oxygen atoms in total. The molecule has 94 valence electrons. The maximum Gasteiger partial charge on any atom is 0.351 e. The van der Waals surface area contributed by atoms with Gasteiger partial charge in [0.25, 0.3) is 0 Å². The summed E-state index contributed by atoms with van der Waals surface area (Å²) in [4.78, 5) is 15.2. The first-order chi connectivity index (χ1) is 9.24. The molecule has 17 heavy (non-hydrogen) atoms. The molecule has 2 heterocycles. The van der Waals surface area contributed by atoms with E-state index >= 15 is 0 Å². The fraction of sp³-hybridized carbons (Fsp3) is 0.600. The molecule has 0 amide bonds. The minimum absolute atomic E-state index is 0.0527. The van der Waals surface area contributed by atoms with Crippen LogP contribution in [0.15, 0.2) is 11.0 Å². The smallest absolute Gasteiger partial charge is 0.351 e. The van der Waals surface area contributed by atoms with Crippen LogP contribution in [-0.2, 0) is 4.74 Å². The van der Waals surface area contributed by atoms with Gasteiger partial charge in [-0.15, -0.1) is 0 Å². The second-order valence-electron chi connectivity index (χ2n) is 3.84. The van der Waals surface area contributed by atoms with Crippen molar-refractivity contribution in [1.29, 1.82) is 0 Å². The van der Waals surface area contributed by atoms with Crippen LogP contribution >= 0.6 is 0 Å². The van der Waals surface area contributed by atoms with Crippen molar-refractivity contribution in [3.05, 3.63) is 22.2 Å². The van der Waals surface area contributed by atoms with Gasteiger partial charge in [-0.05, 0) is 6.85 Å². The van der Waals surface area contributed by atoms with E-state index < -0.39 is 37.6 Å². The number of hydrogen-bond donors (Lipinski definition) is 3. The lowest BCUT2D eigenvalue weighted by atomic mass is 10.2. The topological polar surface area (TPSA) is 111 Å². The number of ether oxygens (including phenoxy) is 1. The van der Waals surface area contributed by atoms with Crippen molar-refractivity contribution in [1.82, 2.24) is 9.55 Å². The zero-order valence-electron chi connectivity index (χ0n) is 11.9. The Morgan fingerprint density at radius 1 is 1.82 bits per heavy atom. The SMILES string of the molecule is [2H]C([2H])([2H])c1cn(C2CC(O)C(CO)O2)c(=O)nc1N. The summed E-state index contributed by atoms with van der Waals surface area (Å²) < 4.78 is 28.3. The molecule has 0 bridgehead atoms. The molecule has 4 N–H and O–H groups in total. The van der Waals surface area contributed by atoms with Crippen molar-refractivity contribution in [3.63, 3.8) is 0 Å². The molecule has 1 aromatic heterocycles. The van der Waals surface area contributed by atoms with E-state index in [2.05, 4.69) is 4.98 Å². The molecule has 1 aliphatic heterocycles. The van der Waals surface area contributed by atoms with Crippen LogP contribution in [-0.4, -0.2) is 38.6 Å². The van der Waals surface area contributed by atoms with Crippen molar-refractivity contribution >= 4 is 5.82 Å². The second-order valence-corrected chi connectivity index (χ2v) is 3.84. The summed E-state index contributed by atoms with van der Waals surface area (Å²) in [5.74, 6) is -0.358. The molecule has 0 radical (unpaired) electrons. The van der Waals surface area contributed by atoms with Crippen molar-refractivity contribution in [2.45, 2.75) is 31.7 Å². The number of aryl methyl sites for hydroxylation is 1. The first-order valence-corrected chi connectivity index (χ1v) is 5.07. The lowest BCUT2D eigenvalue weighted by Crippen LogP contribution is -2.28. The number of nitrogens with zero attached hydrogens (tertiary/aromatic N) is 2. The summed E-state index contributed by atoms with van der Waals surface area (Å²) in [5.41, 5.74) is 4.41. The van der Waals surface area contributed by atoms with E-state index in [9.17, 15) is 9.90 Å². The molecule has 0 aromatic carbocycles. The highest BCUT2D eigenvalue weighted by Gasteiger charge is 2.35. The van der Waals surface area contributed by atoms with Crippen LogP contribution in [0, 0.1) is 6.85 Å². The quantitative estimate of drug-likeness (QED) is 0.601. The Bertz CT molecular complexity index is 560. The minimum Gasteiger partial charge on any atom is -0.394 e. The molecule has 0 aliphatic carbocycles. The van der Waals surface area contributed by atoms with Gasteiger partial charge in [0, 0.05) is 22.3 Å². The number of nitrogens with two attached hydrogens (primary N) is 1. The number of aliphatic hydroxyl groups is 2. The number of nitrogen functional groups attached to an aromatic ring is 1. The van der Waals surface area contributed by atoms with Crippen LogP contribution in [0.4, 0.5) is 5.82 Å². The Balaban J connectivity index is 2.41. The Hall–Kier alpha value is -1.44. The first-order valence-electron chi connectivity index (χ1n) is 6.57. The summed E-state index contributed by atoms with van der Waals surface area (Å²) >= 11 is 0. The molecule has 7 heteroatoms. The van der Waals surface area contributed by atoms with E-state index in [0.29, 0.717) is 0 Å². The van der Waals surface area contributed by atoms with E-state index in [1.165, 1.54) is 0 Å². The maximum absolute atomic E-state index is 11.8. The minimum atomic E-state index is -2.51. The normalized spacial score (nSPS) is 31.9. The molecule has 1 fully saturated rings. The molecule has 1 saturated heterocycles. The van der Waals surface area contributed by atoms with Gasteiger partial charge in [0.1, 0.15) is 18.1 Å². The standard InChI is InChI=1S/C10H15N3O4/c1-5-3-13(10(16)12-9(5)11)8-2-6(15)7(4-14)17-8/h3,6-8,14-15H,2,4H2,1H3,(H2,11,12,16)/i1D3. The van der Waals surface area contributed by atoms with E-state index in [-0.39, 0.29) is 17.8 Å². The van der Waals surface area contributed by atoms with Gasteiger partial charge in [-0.3, -0.25) is 4.57 Å². The Morgan fingerprint density at radius 2 is 2.59 bits per heavy atom. The van der Waals surface area contributed by atoms with Gasteiger partial charge in [-0.25, -0.2) is 4.79 Å². The van der Waals surface area contributed by atoms with Crippen LogP contribution < -0.4 is 11.4 Å². The molecule has 3 unspecified atom stereocenters. The van der Waals surface area contributed by atoms with E-state index in [1.807, 2.05) is 0 Å². The Morgan fingerprint density at radius 3 is 3.18 bits per heavy atom. The van der Waals surface area contributed by atoms with E-state index in [0.717, 1.165) is 10.8 Å². The van der Waals surface area contributed by atoms with Crippen LogP contribution in [0.5, 0.6) is 0 Å². The monoisotopic (exact) mass is 244 g/mol. The van der Waals surface area contributed by atoms with Gasteiger partial charge < -0.3 is 20.7 Å². The largest absolute Gasteiger partial charge is 0.394 e. The van der Waals surface area contributed by atoms with Crippen LogP contribution in [0.3, 0.4) is 0 Å². The zero-order valence-corrected chi connectivity index (χ0v) is 8.91. The van der Waals surface area contributed by atoms with E-state index in [1.54, 1.807) is 0 Å². The highest BCUT2D eigenvalue weighted by atomic mass is 16.5. The summed E-state index contributed by atoms with van der Waals surface area (Å²) in [5, 5.41) is 18.6. The molecular weight excluding hydrogens is 226 g/mol. The van der Waals surface area contributed by atoms with Crippen molar-refractivity contribution in [2.24, 2.45) is 0 Å². The van der Waals surface area contributed by atoms with Crippen molar-refractivity contribution in [3.8, 4) is 0 Å². The Kier molecular flexibility index (Phi) is 2.25. The zero-order chi connectivity index (χ0) is 15.1. The molecule has 2 rings (SSSR count). The van der Waals surface area contributed by atoms with Crippen molar-refractivity contribution in [2.75, 3.05) is 12.3 Å². The summed E-state index contributed by atoms with van der Waals surface area (Å²) in [6.07, 6.45) is -1.53. The number of rotatable bonds is 2. The molecule has 3 atom stereocenters. The number of aromatic nitrogens is 2. The molecular formula is C10H15N3O4. The molecule has 1 aliphatic rings. The summed E-state index contributed by atoms with van der Waals surface area (Å²) in [7, 11) is 0. The lowest BCUT2D eigenvalue weighted by Gasteiger charge is -2.15. The average molecular weight is 244 g/mol. The van der Waals surface area contributed by atoms with Gasteiger partial charge >= 0.3 is 5.69 Å². The Labute approximate surface area is 102 Å².